The zero-order valence-electron chi connectivity index (χ0n) is 11.1. The van der Waals surface area contributed by atoms with Gasteiger partial charge in [-0.15, -0.1) is 0 Å². The lowest BCUT2D eigenvalue weighted by Crippen LogP contribution is -2.19. The fraction of sp³-hybridized carbons (Fsp3) is 0.538. The van der Waals surface area contributed by atoms with Crippen LogP contribution < -0.4 is 11.3 Å². The topological polar surface area (TPSA) is 76.2 Å². The van der Waals surface area contributed by atoms with Crippen LogP contribution in [0.25, 0.3) is 5.65 Å². The van der Waals surface area contributed by atoms with Crippen molar-refractivity contribution in [1.82, 2.24) is 14.6 Å². The predicted octanol–water partition coefficient (Wildman–Crippen LogP) is 1.95. The first-order chi connectivity index (χ1) is 8.56. The minimum Gasteiger partial charge on any atom is -0.323 e. The van der Waals surface area contributed by atoms with Crippen LogP contribution in [0, 0.1) is 0 Å². The highest BCUT2D eigenvalue weighted by molar-refractivity contribution is 5.41. The van der Waals surface area contributed by atoms with Crippen molar-refractivity contribution in [3.8, 4) is 0 Å². The summed E-state index contributed by atoms with van der Waals surface area (Å²) in [6.45, 7) is 6.11. The molecule has 0 aromatic carbocycles. The highest BCUT2D eigenvalue weighted by atomic mass is 16.1. The number of nitrogens with one attached hydrogen (secondary N) is 1. The van der Waals surface area contributed by atoms with Crippen LogP contribution in [0.5, 0.6) is 0 Å². The van der Waals surface area contributed by atoms with Gasteiger partial charge in [-0.25, -0.2) is 9.50 Å². The standard InChI is InChI=1S/C13H20N4O/c1-4-9(5-2)11-6-12-15-10(8(3)14)7-13(18)17(12)16-11/h6-9,16H,4-5,14H2,1-3H3. The second-order valence-corrected chi connectivity index (χ2v) is 4.73. The molecule has 0 aliphatic heterocycles. The average Bonchev–Trinajstić information content (AvgIpc) is 2.74. The Kier molecular flexibility index (Phi) is 3.52. The monoisotopic (exact) mass is 248 g/mol. The molecule has 2 aromatic rings. The van der Waals surface area contributed by atoms with E-state index in [1.807, 2.05) is 13.0 Å². The number of fused-ring (bicyclic) bond motifs is 1. The molecule has 0 fully saturated rings. The van der Waals surface area contributed by atoms with Gasteiger partial charge in [0, 0.05) is 29.8 Å². The summed E-state index contributed by atoms with van der Waals surface area (Å²) in [5.41, 5.74) is 8.01. The van der Waals surface area contributed by atoms with E-state index < -0.39 is 0 Å². The quantitative estimate of drug-likeness (QED) is 0.868. The molecule has 0 radical (unpaired) electrons. The molecule has 98 valence electrons. The Morgan fingerprint density at radius 2 is 2.06 bits per heavy atom. The molecule has 0 aliphatic carbocycles. The van der Waals surface area contributed by atoms with Gasteiger partial charge in [-0.05, 0) is 19.8 Å². The highest BCUT2D eigenvalue weighted by Gasteiger charge is 2.13. The van der Waals surface area contributed by atoms with E-state index in [9.17, 15) is 4.79 Å². The molecule has 0 amide bonds. The Labute approximate surface area is 106 Å². The number of aromatic nitrogens is 3. The zero-order valence-corrected chi connectivity index (χ0v) is 11.1. The van der Waals surface area contributed by atoms with Gasteiger partial charge >= 0.3 is 0 Å². The van der Waals surface area contributed by atoms with Gasteiger partial charge in [0.05, 0.1) is 5.69 Å². The second-order valence-electron chi connectivity index (χ2n) is 4.73. The van der Waals surface area contributed by atoms with Gasteiger partial charge in [0.25, 0.3) is 5.56 Å². The van der Waals surface area contributed by atoms with E-state index in [-0.39, 0.29) is 11.6 Å². The van der Waals surface area contributed by atoms with Crippen molar-refractivity contribution in [2.24, 2.45) is 5.73 Å². The number of H-pyrrole nitrogens is 1. The van der Waals surface area contributed by atoms with E-state index in [1.54, 1.807) is 0 Å². The SMILES string of the molecule is CCC(CC)c1cc2nc(C(C)N)cc(=O)n2[nH]1. The maximum absolute atomic E-state index is 12.0. The third-order valence-corrected chi connectivity index (χ3v) is 3.38. The van der Waals surface area contributed by atoms with E-state index in [1.165, 1.54) is 10.6 Å². The summed E-state index contributed by atoms with van der Waals surface area (Å²) in [6, 6.07) is 3.21. The molecule has 3 N–H and O–H groups in total. The maximum Gasteiger partial charge on any atom is 0.272 e. The summed E-state index contributed by atoms with van der Waals surface area (Å²) in [4.78, 5) is 16.4. The third kappa shape index (κ3) is 2.18. The number of nitrogens with zero attached hydrogens (tertiary/aromatic N) is 2. The largest absolute Gasteiger partial charge is 0.323 e. The van der Waals surface area contributed by atoms with E-state index >= 15 is 0 Å². The average molecular weight is 248 g/mol. The molecule has 1 atom stereocenters. The van der Waals surface area contributed by atoms with Gasteiger partial charge in [0.15, 0.2) is 5.65 Å². The molecule has 2 aromatic heterocycles. The van der Waals surface area contributed by atoms with Crippen molar-refractivity contribution in [2.45, 2.75) is 45.6 Å². The molecule has 1 unspecified atom stereocenters. The van der Waals surface area contributed by atoms with Crippen LogP contribution in [-0.2, 0) is 0 Å². The highest BCUT2D eigenvalue weighted by Crippen LogP contribution is 2.22. The van der Waals surface area contributed by atoms with Gasteiger partial charge in [0.2, 0.25) is 0 Å². The van der Waals surface area contributed by atoms with Crippen molar-refractivity contribution in [2.75, 3.05) is 0 Å². The van der Waals surface area contributed by atoms with Crippen molar-refractivity contribution in [3.63, 3.8) is 0 Å². The molecule has 2 rings (SSSR count). The molecule has 0 aliphatic rings. The number of hydrogen-bond donors (Lipinski definition) is 2. The first-order valence-electron chi connectivity index (χ1n) is 6.45. The lowest BCUT2D eigenvalue weighted by Gasteiger charge is -2.08. The number of aromatic amines is 1. The molecular weight excluding hydrogens is 228 g/mol. The summed E-state index contributed by atoms with van der Waals surface area (Å²) in [6.07, 6.45) is 2.08. The summed E-state index contributed by atoms with van der Waals surface area (Å²) >= 11 is 0. The summed E-state index contributed by atoms with van der Waals surface area (Å²) < 4.78 is 1.49. The smallest absolute Gasteiger partial charge is 0.272 e. The van der Waals surface area contributed by atoms with Gasteiger partial charge in [-0.3, -0.25) is 9.89 Å². The van der Waals surface area contributed by atoms with Crippen LogP contribution in [0.4, 0.5) is 0 Å². The second kappa shape index (κ2) is 4.94. The molecule has 5 nitrogen and oxygen atoms in total. The minimum atomic E-state index is -0.228. The third-order valence-electron chi connectivity index (χ3n) is 3.38. The predicted molar refractivity (Wildman–Crippen MR) is 71.7 cm³/mol. The Morgan fingerprint density at radius 1 is 1.39 bits per heavy atom. The number of hydrogen-bond acceptors (Lipinski definition) is 3. The number of nitrogens with two attached hydrogens (primary N) is 1. The molecule has 0 spiro atoms. The molecule has 0 bridgehead atoms. The van der Waals surface area contributed by atoms with Gasteiger partial charge in [-0.1, -0.05) is 13.8 Å². The van der Waals surface area contributed by atoms with E-state index in [0.717, 1.165) is 18.5 Å². The Balaban J connectivity index is 2.57. The number of rotatable bonds is 4. The van der Waals surface area contributed by atoms with Gasteiger partial charge < -0.3 is 5.73 Å². The summed E-state index contributed by atoms with van der Waals surface area (Å²) in [5.74, 6) is 0.435. The fourth-order valence-corrected chi connectivity index (χ4v) is 2.20. The Bertz CT molecular complexity index is 593. The fourth-order valence-electron chi connectivity index (χ4n) is 2.20. The summed E-state index contributed by atoms with van der Waals surface area (Å²) in [5, 5.41) is 3.13. The van der Waals surface area contributed by atoms with E-state index in [2.05, 4.69) is 23.9 Å². The molecule has 2 heterocycles. The van der Waals surface area contributed by atoms with Gasteiger partial charge in [0.1, 0.15) is 0 Å². The van der Waals surface area contributed by atoms with Crippen LogP contribution in [0.3, 0.4) is 0 Å². The first-order valence-corrected chi connectivity index (χ1v) is 6.45. The summed E-state index contributed by atoms with van der Waals surface area (Å²) in [7, 11) is 0. The first kappa shape index (κ1) is 12.8. The lowest BCUT2D eigenvalue weighted by atomic mass is 10.00. The maximum atomic E-state index is 12.0. The van der Waals surface area contributed by atoms with E-state index in [4.69, 9.17) is 5.73 Å². The molecule has 5 heteroatoms. The van der Waals surface area contributed by atoms with Crippen LogP contribution in [0.15, 0.2) is 16.9 Å². The molecule has 18 heavy (non-hydrogen) atoms. The van der Waals surface area contributed by atoms with E-state index in [0.29, 0.717) is 17.3 Å². The normalized spacial score (nSPS) is 13.4. The van der Waals surface area contributed by atoms with Crippen LogP contribution in [-0.4, -0.2) is 14.6 Å². The van der Waals surface area contributed by atoms with Crippen molar-refractivity contribution in [1.29, 1.82) is 0 Å². The Hall–Kier alpha value is -1.62. The Morgan fingerprint density at radius 3 is 2.61 bits per heavy atom. The zero-order chi connectivity index (χ0) is 13.3. The molecule has 0 saturated carbocycles. The van der Waals surface area contributed by atoms with Crippen LogP contribution in [0.1, 0.15) is 57.0 Å². The lowest BCUT2D eigenvalue weighted by molar-refractivity contribution is 0.614. The van der Waals surface area contributed by atoms with Crippen LogP contribution in [0.2, 0.25) is 0 Å². The van der Waals surface area contributed by atoms with Crippen molar-refractivity contribution >= 4 is 5.65 Å². The van der Waals surface area contributed by atoms with Crippen molar-refractivity contribution < 1.29 is 0 Å². The molecular formula is C13H20N4O. The van der Waals surface area contributed by atoms with Gasteiger partial charge in [-0.2, -0.15) is 0 Å². The van der Waals surface area contributed by atoms with Crippen molar-refractivity contribution in [3.05, 3.63) is 33.9 Å². The molecule has 0 saturated heterocycles. The van der Waals surface area contributed by atoms with Crippen LogP contribution >= 0.6 is 0 Å². The minimum absolute atomic E-state index is 0.107.